The van der Waals surface area contributed by atoms with Crippen LogP contribution in [0.1, 0.15) is 29.2 Å². The van der Waals surface area contributed by atoms with Crippen molar-refractivity contribution in [3.05, 3.63) is 65.2 Å². The van der Waals surface area contributed by atoms with Gasteiger partial charge in [-0.3, -0.25) is 0 Å². The molecule has 0 heterocycles. The van der Waals surface area contributed by atoms with Gasteiger partial charge in [-0.25, -0.2) is 4.79 Å². The molecule has 0 aliphatic rings. The minimum atomic E-state index is -4.56. The van der Waals surface area contributed by atoms with E-state index in [9.17, 15) is 28.2 Å². The van der Waals surface area contributed by atoms with Gasteiger partial charge in [-0.1, -0.05) is 36.4 Å². The van der Waals surface area contributed by atoms with E-state index in [1.807, 2.05) is 18.2 Å². The standard InChI is InChI=1S/C20H22F3NO5/c1-28-17-11-14(20(21,22)23)7-8-15(17)18(26)16(25)9-10-24-19(27)29-12-13-5-3-2-4-6-13/h2-8,11,16,18,25-26H,9-10,12H2,1H3,(H,24,27). The summed E-state index contributed by atoms with van der Waals surface area (Å²) in [5, 5.41) is 22.8. The Balaban J connectivity index is 1.85. The number of amides is 1. The third kappa shape index (κ3) is 6.65. The first-order chi connectivity index (χ1) is 13.7. The maximum atomic E-state index is 12.8. The number of carbonyl (C=O) groups excluding carboxylic acids is 1. The zero-order valence-electron chi connectivity index (χ0n) is 15.6. The number of aliphatic hydroxyl groups excluding tert-OH is 2. The molecule has 2 aromatic carbocycles. The number of ether oxygens (including phenoxy) is 2. The number of rotatable bonds is 8. The summed E-state index contributed by atoms with van der Waals surface area (Å²) >= 11 is 0. The first-order valence-electron chi connectivity index (χ1n) is 8.78. The zero-order chi connectivity index (χ0) is 21.4. The highest BCUT2D eigenvalue weighted by atomic mass is 19.4. The van der Waals surface area contributed by atoms with Crippen molar-refractivity contribution in [3.63, 3.8) is 0 Å². The summed E-state index contributed by atoms with van der Waals surface area (Å²) in [6, 6.07) is 11.7. The molecule has 0 saturated carbocycles. The van der Waals surface area contributed by atoms with Gasteiger partial charge in [0.1, 0.15) is 18.5 Å². The molecular formula is C20H22F3NO5. The maximum Gasteiger partial charge on any atom is 0.416 e. The Bertz CT molecular complexity index is 798. The van der Waals surface area contributed by atoms with E-state index < -0.39 is 30.0 Å². The molecule has 2 rings (SSSR count). The van der Waals surface area contributed by atoms with Crippen molar-refractivity contribution in [2.24, 2.45) is 0 Å². The molecule has 2 aromatic rings. The van der Waals surface area contributed by atoms with Gasteiger partial charge in [-0.15, -0.1) is 0 Å². The van der Waals surface area contributed by atoms with Crippen LogP contribution < -0.4 is 10.1 Å². The summed E-state index contributed by atoms with van der Waals surface area (Å²) in [5.74, 6) is -0.193. The van der Waals surface area contributed by atoms with Crippen molar-refractivity contribution in [3.8, 4) is 5.75 Å². The SMILES string of the molecule is COc1cc(C(F)(F)F)ccc1C(O)C(O)CCNC(=O)OCc1ccccc1. The minimum Gasteiger partial charge on any atom is -0.496 e. The summed E-state index contributed by atoms with van der Waals surface area (Å²) < 4.78 is 48.3. The Hall–Kier alpha value is -2.78. The molecule has 2 atom stereocenters. The molecule has 0 radical (unpaired) electrons. The van der Waals surface area contributed by atoms with Crippen LogP contribution in [0, 0.1) is 0 Å². The molecule has 0 bridgehead atoms. The third-order valence-electron chi connectivity index (χ3n) is 4.17. The predicted molar refractivity (Wildman–Crippen MR) is 98.2 cm³/mol. The lowest BCUT2D eigenvalue weighted by atomic mass is 9.99. The Morgan fingerprint density at radius 2 is 1.83 bits per heavy atom. The molecular weight excluding hydrogens is 391 g/mol. The Morgan fingerprint density at radius 3 is 2.45 bits per heavy atom. The van der Waals surface area contributed by atoms with Crippen LogP contribution in [0.3, 0.4) is 0 Å². The van der Waals surface area contributed by atoms with Crippen LogP contribution in [0.5, 0.6) is 5.75 Å². The average Bonchev–Trinajstić information content (AvgIpc) is 2.71. The molecule has 158 valence electrons. The van der Waals surface area contributed by atoms with E-state index in [2.05, 4.69) is 5.32 Å². The van der Waals surface area contributed by atoms with Crippen molar-refractivity contribution < 1.29 is 37.7 Å². The third-order valence-corrected chi connectivity index (χ3v) is 4.17. The predicted octanol–water partition coefficient (Wildman–Crippen LogP) is 3.42. The van der Waals surface area contributed by atoms with Gasteiger partial charge in [-0.2, -0.15) is 13.2 Å². The summed E-state index contributed by atoms with van der Waals surface area (Å²) in [5.41, 5.74) is -0.102. The number of aliphatic hydroxyl groups is 2. The topological polar surface area (TPSA) is 88.0 Å². The molecule has 0 saturated heterocycles. The molecule has 1 amide bonds. The quantitative estimate of drug-likeness (QED) is 0.617. The monoisotopic (exact) mass is 413 g/mol. The molecule has 2 unspecified atom stereocenters. The number of halogens is 3. The van der Waals surface area contributed by atoms with Crippen LogP contribution in [0.2, 0.25) is 0 Å². The van der Waals surface area contributed by atoms with Crippen LogP contribution in [0.4, 0.5) is 18.0 Å². The van der Waals surface area contributed by atoms with Crippen LogP contribution in [0.15, 0.2) is 48.5 Å². The second-order valence-electron chi connectivity index (χ2n) is 6.24. The van der Waals surface area contributed by atoms with Crippen molar-refractivity contribution >= 4 is 6.09 Å². The first kappa shape index (κ1) is 22.5. The molecule has 0 fully saturated rings. The summed E-state index contributed by atoms with van der Waals surface area (Å²) in [6.07, 6.45) is -8.13. The van der Waals surface area contributed by atoms with Gasteiger partial charge >= 0.3 is 12.3 Å². The largest absolute Gasteiger partial charge is 0.496 e. The van der Waals surface area contributed by atoms with Crippen molar-refractivity contribution in [2.75, 3.05) is 13.7 Å². The van der Waals surface area contributed by atoms with Gasteiger partial charge in [0, 0.05) is 12.1 Å². The van der Waals surface area contributed by atoms with Crippen LogP contribution in [-0.4, -0.2) is 36.1 Å². The zero-order valence-corrected chi connectivity index (χ0v) is 15.6. The lowest BCUT2D eigenvalue weighted by Gasteiger charge is -2.21. The van der Waals surface area contributed by atoms with Gasteiger partial charge in [0.2, 0.25) is 0 Å². The van der Waals surface area contributed by atoms with Gasteiger partial charge in [0.15, 0.2) is 0 Å². The first-order valence-corrected chi connectivity index (χ1v) is 8.78. The lowest BCUT2D eigenvalue weighted by Crippen LogP contribution is -2.30. The molecule has 0 aliphatic heterocycles. The van der Waals surface area contributed by atoms with Crippen LogP contribution >= 0.6 is 0 Å². The number of hydrogen-bond acceptors (Lipinski definition) is 5. The molecule has 0 aromatic heterocycles. The van der Waals surface area contributed by atoms with Gasteiger partial charge in [-0.05, 0) is 24.1 Å². The smallest absolute Gasteiger partial charge is 0.416 e. The lowest BCUT2D eigenvalue weighted by molar-refractivity contribution is -0.137. The number of methoxy groups -OCH3 is 1. The molecule has 9 heteroatoms. The Kier molecular flexibility index (Phi) is 7.86. The summed E-state index contributed by atoms with van der Waals surface area (Å²) in [7, 11) is 1.17. The fraction of sp³-hybridized carbons (Fsp3) is 0.350. The molecule has 0 spiro atoms. The van der Waals surface area contributed by atoms with Gasteiger partial charge < -0.3 is 25.0 Å². The highest BCUT2D eigenvalue weighted by Crippen LogP contribution is 2.36. The number of benzene rings is 2. The fourth-order valence-electron chi connectivity index (χ4n) is 2.59. The summed E-state index contributed by atoms with van der Waals surface area (Å²) in [4.78, 5) is 11.7. The Labute approximate surface area is 165 Å². The second kappa shape index (κ2) is 10.1. The number of alkyl carbamates (subject to hydrolysis) is 1. The van der Waals surface area contributed by atoms with Crippen molar-refractivity contribution in [1.82, 2.24) is 5.32 Å². The highest BCUT2D eigenvalue weighted by Gasteiger charge is 2.32. The van der Waals surface area contributed by atoms with E-state index in [-0.39, 0.29) is 30.9 Å². The average molecular weight is 413 g/mol. The number of hydrogen-bond donors (Lipinski definition) is 3. The molecule has 6 nitrogen and oxygen atoms in total. The Morgan fingerprint density at radius 1 is 1.14 bits per heavy atom. The van der Waals surface area contributed by atoms with Crippen LogP contribution in [-0.2, 0) is 17.5 Å². The molecule has 0 aliphatic carbocycles. The van der Waals surface area contributed by atoms with E-state index in [0.717, 1.165) is 23.8 Å². The minimum absolute atomic E-state index is 0.00516. The number of nitrogens with one attached hydrogen (secondary N) is 1. The van der Waals surface area contributed by atoms with Crippen LogP contribution in [0.25, 0.3) is 0 Å². The fourth-order valence-corrected chi connectivity index (χ4v) is 2.59. The van der Waals surface area contributed by atoms with E-state index in [1.165, 1.54) is 7.11 Å². The van der Waals surface area contributed by atoms with E-state index in [1.54, 1.807) is 12.1 Å². The van der Waals surface area contributed by atoms with Gasteiger partial charge in [0.05, 0.1) is 18.8 Å². The highest BCUT2D eigenvalue weighted by molar-refractivity contribution is 5.67. The summed E-state index contributed by atoms with van der Waals surface area (Å²) in [6.45, 7) is 0.0788. The molecule has 29 heavy (non-hydrogen) atoms. The van der Waals surface area contributed by atoms with E-state index >= 15 is 0 Å². The van der Waals surface area contributed by atoms with E-state index in [4.69, 9.17) is 9.47 Å². The number of alkyl halides is 3. The maximum absolute atomic E-state index is 12.8. The molecule has 3 N–H and O–H groups in total. The second-order valence-corrected chi connectivity index (χ2v) is 6.24. The van der Waals surface area contributed by atoms with Gasteiger partial charge in [0.25, 0.3) is 0 Å². The van der Waals surface area contributed by atoms with E-state index in [0.29, 0.717) is 0 Å². The normalized spacial score (nSPS) is 13.4. The van der Waals surface area contributed by atoms with Crippen molar-refractivity contribution in [2.45, 2.75) is 31.4 Å². The van der Waals surface area contributed by atoms with Crippen molar-refractivity contribution in [1.29, 1.82) is 0 Å². The number of carbonyl (C=O) groups is 1.